The number of aromatic carboxylic acids is 1. The maximum Gasteiger partial charge on any atom is 0.335 e. The summed E-state index contributed by atoms with van der Waals surface area (Å²) in [6.07, 6.45) is 0.704. The van der Waals surface area contributed by atoms with Crippen molar-refractivity contribution in [2.24, 2.45) is 0 Å². The van der Waals surface area contributed by atoms with E-state index in [2.05, 4.69) is 40.4 Å². The molecule has 6 heteroatoms. The van der Waals surface area contributed by atoms with Gasteiger partial charge in [0.25, 0.3) is 5.91 Å². The van der Waals surface area contributed by atoms with Gasteiger partial charge in [0, 0.05) is 31.7 Å². The molecule has 0 bridgehead atoms. The molecule has 0 spiro atoms. The predicted molar refractivity (Wildman–Crippen MR) is 122 cm³/mol. The number of fused-ring (bicyclic) bond motifs is 1. The van der Waals surface area contributed by atoms with E-state index in [9.17, 15) is 9.59 Å². The zero-order chi connectivity index (χ0) is 21.8. The number of carbonyl (C=O) groups excluding carboxylic acids is 1. The molecular formula is C25H27N3O3. The Balaban J connectivity index is 1.44. The Morgan fingerprint density at radius 1 is 0.839 bits per heavy atom. The average molecular weight is 418 g/mol. The zero-order valence-corrected chi connectivity index (χ0v) is 17.7. The number of amides is 1. The third-order valence-electron chi connectivity index (χ3n) is 5.84. The third kappa shape index (κ3) is 5.29. The Bertz CT molecular complexity index is 1090. The Labute approximate surface area is 182 Å². The van der Waals surface area contributed by atoms with E-state index in [4.69, 9.17) is 5.11 Å². The molecule has 1 saturated heterocycles. The molecule has 0 saturated carbocycles. The molecule has 3 aromatic carbocycles. The van der Waals surface area contributed by atoms with Crippen molar-refractivity contribution in [1.29, 1.82) is 0 Å². The van der Waals surface area contributed by atoms with E-state index in [1.807, 2.05) is 30.3 Å². The van der Waals surface area contributed by atoms with E-state index in [-0.39, 0.29) is 11.5 Å². The molecule has 1 aliphatic rings. The fraction of sp³-hybridized carbons (Fsp3) is 0.280. The molecule has 0 atom stereocenters. The van der Waals surface area contributed by atoms with Crippen LogP contribution >= 0.6 is 0 Å². The Hall–Kier alpha value is -3.22. The summed E-state index contributed by atoms with van der Waals surface area (Å²) in [7, 11) is 2.12. The van der Waals surface area contributed by atoms with Crippen molar-refractivity contribution in [3.8, 4) is 0 Å². The number of hydrogen-bond donors (Lipinski definition) is 2. The molecule has 1 aliphatic heterocycles. The highest BCUT2D eigenvalue weighted by molar-refractivity contribution is 5.98. The van der Waals surface area contributed by atoms with E-state index >= 15 is 0 Å². The van der Waals surface area contributed by atoms with Crippen LogP contribution in [-0.4, -0.2) is 66.7 Å². The molecular weight excluding hydrogens is 390 g/mol. The summed E-state index contributed by atoms with van der Waals surface area (Å²) in [5, 5.41) is 14.2. The standard InChI is InChI=1S/C25H27N3O3/c1-27-10-12-28(13-11-27)17-26-24(29)22-9-8-20-5-4-19(15-23(20)16-22)14-18-2-6-21(7-3-18)25(30)31/h2-9,15-16H,10-14,17H2,1H3,(H,26,29)(H,30,31). The molecule has 2 N–H and O–H groups in total. The average Bonchev–Trinajstić information content (AvgIpc) is 2.78. The van der Waals surface area contributed by atoms with Crippen LogP contribution in [0.1, 0.15) is 31.8 Å². The van der Waals surface area contributed by atoms with E-state index in [0.717, 1.165) is 48.1 Å². The first-order valence-corrected chi connectivity index (χ1v) is 10.5. The summed E-state index contributed by atoms with van der Waals surface area (Å²) >= 11 is 0. The van der Waals surface area contributed by atoms with Crippen molar-refractivity contribution >= 4 is 22.6 Å². The topological polar surface area (TPSA) is 72.9 Å². The number of nitrogens with one attached hydrogen (secondary N) is 1. The first-order valence-electron chi connectivity index (χ1n) is 10.5. The SMILES string of the molecule is CN1CCN(CNC(=O)c2ccc3ccc(Cc4ccc(C(=O)O)cc4)cc3c2)CC1. The van der Waals surface area contributed by atoms with Crippen molar-refractivity contribution in [3.63, 3.8) is 0 Å². The molecule has 1 heterocycles. The number of benzene rings is 3. The molecule has 160 valence electrons. The largest absolute Gasteiger partial charge is 0.478 e. The van der Waals surface area contributed by atoms with Gasteiger partial charge in [0.05, 0.1) is 12.2 Å². The van der Waals surface area contributed by atoms with Gasteiger partial charge < -0.3 is 15.3 Å². The highest BCUT2D eigenvalue weighted by Gasteiger charge is 2.15. The summed E-state index contributed by atoms with van der Waals surface area (Å²) in [5.74, 6) is -0.980. The normalized spacial score (nSPS) is 15.1. The number of carboxylic acids is 1. The van der Waals surface area contributed by atoms with Crippen LogP contribution in [0.5, 0.6) is 0 Å². The zero-order valence-electron chi connectivity index (χ0n) is 17.7. The fourth-order valence-corrected chi connectivity index (χ4v) is 3.84. The Morgan fingerprint density at radius 3 is 2.19 bits per heavy atom. The maximum atomic E-state index is 12.7. The van der Waals surface area contributed by atoms with Gasteiger partial charge in [-0.2, -0.15) is 0 Å². The molecule has 6 nitrogen and oxygen atoms in total. The van der Waals surface area contributed by atoms with E-state index in [1.54, 1.807) is 12.1 Å². The van der Waals surface area contributed by atoms with Gasteiger partial charge >= 0.3 is 5.97 Å². The Kier molecular flexibility index (Phi) is 6.30. The smallest absolute Gasteiger partial charge is 0.335 e. The minimum atomic E-state index is -0.921. The lowest BCUT2D eigenvalue weighted by Gasteiger charge is -2.32. The highest BCUT2D eigenvalue weighted by Crippen LogP contribution is 2.20. The minimum Gasteiger partial charge on any atom is -0.478 e. The summed E-state index contributed by atoms with van der Waals surface area (Å²) in [5.41, 5.74) is 3.11. The van der Waals surface area contributed by atoms with Gasteiger partial charge in [-0.1, -0.05) is 36.4 Å². The van der Waals surface area contributed by atoms with Gasteiger partial charge in [-0.3, -0.25) is 9.69 Å². The maximum absolute atomic E-state index is 12.7. The predicted octanol–water partition coefficient (Wildman–Crippen LogP) is 3.06. The van der Waals surface area contributed by atoms with Gasteiger partial charge in [-0.05, 0) is 59.6 Å². The van der Waals surface area contributed by atoms with Gasteiger partial charge in [0.15, 0.2) is 0 Å². The monoisotopic (exact) mass is 417 g/mol. The van der Waals surface area contributed by atoms with Gasteiger partial charge in [-0.15, -0.1) is 0 Å². The van der Waals surface area contributed by atoms with Crippen molar-refractivity contribution < 1.29 is 14.7 Å². The van der Waals surface area contributed by atoms with Crippen LogP contribution in [0.25, 0.3) is 10.8 Å². The van der Waals surface area contributed by atoms with E-state index < -0.39 is 5.97 Å². The highest BCUT2D eigenvalue weighted by atomic mass is 16.4. The summed E-state index contributed by atoms with van der Waals surface area (Å²) in [6.45, 7) is 4.54. The number of hydrogen-bond acceptors (Lipinski definition) is 4. The molecule has 0 aliphatic carbocycles. The lowest BCUT2D eigenvalue weighted by molar-refractivity contribution is 0.0696. The van der Waals surface area contributed by atoms with Crippen molar-refractivity contribution in [2.45, 2.75) is 6.42 Å². The van der Waals surface area contributed by atoms with Gasteiger partial charge in [0.2, 0.25) is 0 Å². The number of rotatable bonds is 6. The molecule has 1 fully saturated rings. The second kappa shape index (κ2) is 9.29. The molecule has 31 heavy (non-hydrogen) atoms. The minimum absolute atomic E-state index is 0.0597. The van der Waals surface area contributed by atoms with E-state index in [0.29, 0.717) is 18.7 Å². The summed E-state index contributed by atoms with van der Waals surface area (Å²) in [4.78, 5) is 28.2. The lowest BCUT2D eigenvalue weighted by Crippen LogP contribution is -2.48. The molecule has 3 aromatic rings. The number of piperazine rings is 1. The van der Waals surface area contributed by atoms with Crippen LogP contribution in [0.3, 0.4) is 0 Å². The van der Waals surface area contributed by atoms with Crippen molar-refractivity contribution in [3.05, 3.63) is 82.9 Å². The first kappa shape index (κ1) is 21.0. The van der Waals surface area contributed by atoms with Crippen LogP contribution in [0.2, 0.25) is 0 Å². The number of likely N-dealkylation sites (N-methyl/N-ethyl adjacent to an activating group) is 1. The van der Waals surface area contributed by atoms with Crippen LogP contribution in [0.15, 0.2) is 60.7 Å². The van der Waals surface area contributed by atoms with E-state index in [1.165, 1.54) is 0 Å². The number of nitrogens with zero attached hydrogens (tertiary/aromatic N) is 2. The van der Waals surface area contributed by atoms with Crippen molar-refractivity contribution in [2.75, 3.05) is 39.9 Å². The second-order valence-electron chi connectivity index (χ2n) is 8.16. The molecule has 4 rings (SSSR count). The number of carboxylic acid groups (broad SMARTS) is 1. The van der Waals surface area contributed by atoms with Crippen LogP contribution < -0.4 is 5.32 Å². The quantitative estimate of drug-likeness (QED) is 0.645. The first-order chi connectivity index (χ1) is 15.0. The Morgan fingerprint density at radius 2 is 1.48 bits per heavy atom. The van der Waals surface area contributed by atoms with Crippen LogP contribution in [-0.2, 0) is 6.42 Å². The van der Waals surface area contributed by atoms with Crippen LogP contribution in [0, 0.1) is 0 Å². The van der Waals surface area contributed by atoms with Crippen LogP contribution in [0.4, 0.5) is 0 Å². The molecule has 0 aromatic heterocycles. The summed E-state index contributed by atoms with van der Waals surface area (Å²) in [6, 6.07) is 18.9. The molecule has 1 amide bonds. The van der Waals surface area contributed by atoms with Gasteiger partial charge in [-0.25, -0.2) is 4.79 Å². The second-order valence-corrected chi connectivity index (χ2v) is 8.16. The number of carbonyl (C=O) groups is 2. The molecule has 0 radical (unpaired) electrons. The summed E-state index contributed by atoms with van der Waals surface area (Å²) < 4.78 is 0. The van der Waals surface area contributed by atoms with Crippen molar-refractivity contribution in [1.82, 2.24) is 15.1 Å². The molecule has 0 unspecified atom stereocenters. The van der Waals surface area contributed by atoms with Gasteiger partial charge in [0.1, 0.15) is 0 Å². The third-order valence-corrected chi connectivity index (χ3v) is 5.84. The lowest BCUT2D eigenvalue weighted by atomic mass is 9.99. The fourth-order valence-electron chi connectivity index (χ4n) is 3.84.